The zero-order valence-electron chi connectivity index (χ0n) is 11.0. The number of benzene rings is 2. The van der Waals surface area contributed by atoms with Crippen LogP contribution in [0.3, 0.4) is 0 Å². The minimum atomic E-state index is -0.412. The molecule has 5 heteroatoms. The zero-order chi connectivity index (χ0) is 14.8. The number of rotatable bonds is 2. The van der Waals surface area contributed by atoms with Gasteiger partial charge in [0.15, 0.2) is 0 Å². The van der Waals surface area contributed by atoms with Gasteiger partial charge in [0.1, 0.15) is 16.9 Å². The normalized spacial score (nSPS) is 10.5. The van der Waals surface area contributed by atoms with Gasteiger partial charge >= 0.3 is 0 Å². The Kier molecular flexibility index (Phi) is 3.16. The van der Waals surface area contributed by atoms with Gasteiger partial charge in [0.05, 0.1) is 0 Å². The number of amides is 1. The van der Waals surface area contributed by atoms with E-state index in [0.29, 0.717) is 16.7 Å². The lowest BCUT2D eigenvalue weighted by atomic mass is 10.1. The lowest BCUT2D eigenvalue weighted by Crippen LogP contribution is -2.20. The molecule has 0 aliphatic heterocycles. The second kappa shape index (κ2) is 5.13. The summed E-state index contributed by atoms with van der Waals surface area (Å²) >= 11 is 0. The molecule has 1 amide bonds. The molecule has 21 heavy (non-hydrogen) atoms. The third-order valence-electron chi connectivity index (χ3n) is 3.03. The van der Waals surface area contributed by atoms with Crippen molar-refractivity contribution in [3.8, 4) is 5.75 Å². The Labute approximate surface area is 120 Å². The molecule has 2 aromatic carbocycles. The maximum absolute atomic E-state index is 12.2. The highest BCUT2D eigenvalue weighted by atomic mass is 16.3. The number of carbonyl (C=O) groups excluding carboxylic acids is 1. The summed E-state index contributed by atoms with van der Waals surface area (Å²) < 4.78 is 5.28. The molecule has 104 valence electrons. The van der Waals surface area contributed by atoms with Crippen molar-refractivity contribution in [3.05, 3.63) is 65.7 Å². The van der Waals surface area contributed by atoms with E-state index in [1.165, 1.54) is 12.1 Å². The van der Waals surface area contributed by atoms with Gasteiger partial charge in [-0.2, -0.15) is 0 Å². The van der Waals surface area contributed by atoms with Crippen molar-refractivity contribution in [1.29, 1.82) is 5.41 Å². The third-order valence-corrected chi connectivity index (χ3v) is 3.03. The molecule has 0 unspecified atom stereocenters. The SMILES string of the molecule is N=c1oc2cc(O)ccc2cc1C(=O)Nc1ccccc1. The number of para-hydroxylation sites is 1. The van der Waals surface area contributed by atoms with Gasteiger partial charge in [-0.05, 0) is 30.3 Å². The molecular formula is C16H12N2O3. The average Bonchev–Trinajstić information content (AvgIpc) is 2.47. The number of aromatic hydroxyl groups is 1. The zero-order valence-corrected chi connectivity index (χ0v) is 11.0. The summed E-state index contributed by atoms with van der Waals surface area (Å²) in [4.78, 5) is 12.2. The molecule has 0 saturated heterocycles. The standard InChI is InChI=1S/C16H12N2O3/c17-15-13(16(20)18-11-4-2-1-3-5-11)8-10-6-7-12(19)9-14(10)21-15/h1-9,17,19H,(H,18,20). The lowest BCUT2D eigenvalue weighted by Gasteiger charge is -2.06. The molecule has 0 fully saturated rings. The van der Waals surface area contributed by atoms with Crippen LogP contribution in [-0.4, -0.2) is 11.0 Å². The molecule has 3 rings (SSSR count). The number of fused-ring (bicyclic) bond motifs is 1. The Balaban J connectivity index is 2.00. The Morgan fingerprint density at radius 1 is 1.10 bits per heavy atom. The topological polar surface area (TPSA) is 86.3 Å². The Hall–Kier alpha value is -3.08. The minimum Gasteiger partial charge on any atom is -0.508 e. The number of phenols is 1. The summed E-state index contributed by atoms with van der Waals surface area (Å²) in [5.74, 6) is -0.364. The van der Waals surface area contributed by atoms with E-state index in [0.717, 1.165) is 0 Å². The lowest BCUT2D eigenvalue weighted by molar-refractivity contribution is 0.102. The molecule has 3 N–H and O–H groups in total. The van der Waals surface area contributed by atoms with Gasteiger partial charge < -0.3 is 14.8 Å². The van der Waals surface area contributed by atoms with Crippen molar-refractivity contribution >= 4 is 22.6 Å². The van der Waals surface area contributed by atoms with Gasteiger partial charge in [0, 0.05) is 17.1 Å². The van der Waals surface area contributed by atoms with Crippen LogP contribution in [0.1, 0.15) is 10.4 Å². The summed E-state index contributed by atoms with van der Waals surface area (Å²) in [5, 5.41) is 20.6. The van der Waals surface area contributed by atoms with Gasteiger partial charge in [-0.1, -0.05) is 18.2 Å². The first-order valence-electron chi connectivity index (χ1n) is 6.31. The fraction of sp³-hybridized carbons (Fsp3) is 0. The molecule has 5 nitrogen and oxygen atoms in total. The second-order valence-corrected chi connectivity index (χ2v) is 4.53. The molecule has 0 aliphatic rings. The van der Waals surface area contributed by atoms with Crippen LogP contribution in [0.4, 0.5) is 5.69 Å². The van der Waals surface area contributed by atoms with Crippen LogP contribution in [0.25, 0.3) is 11.0 Å². The number of phenolic OH excluding ortho intramolecular Hbond substituents is 1. The van der Waals surface area contributed by atoms with Crippen molar-refractivity contribution < 1.29 is 14.3 Å². The number of anilines is 1. The van der Waals surface area contributed by atoms with Crippen molar-refractivity contribution in [2.24, 2.45) is 0 Å². The third kappa shape index (κ3) is 2.62. The molecule has 0 atom stereocenters. The fourth-order valence-electron chi connectivity index (χ4n) is 2.01. The molecule has 3 aromatic rings. The summed E-state index contributed by atoms with van der Waals surface area (Å²) in [6.45, 7) is 0. The van der Waals surface area contributed by atoms with E-state index in [1.54, 1.807) is 24.3 Å². The number of nitrogens with one attached hydrogen (secondary N) is 2. The van der Waals surface area contributed by atoms with E-state index in [-0.39, 0.29) is 16.9 Å². The molecule has 0 bridgehead atoms. The predicted molar refractivity (Wildman–Crippen MR) is 78.1 cm³/mol. The van der Waals surface area contributed by atoms with E-state index >= 15 is 0 Å². The Bertz CT molecular complexity index is 870. The van der Waals surface area contributed by atoms with Gasteiger partial charge in [-0.25, -0.2) is 0 Å². The second-order valence-electron chi connectivity index (χ2n) is 4.53. The van der Waals surface area contributed by atoms with E-state index < -0.39 is 5.91 Å². The first-order valence-corrected chi connectivity index (χ1v) is 6.31. The average molecular weight is 280 g/mol. The van der Waals surface area contributed by atoms with Gasteiger partial charge in [-0.15, -0.1) is 0 Å². The van der Waals surface area contributed by atoms with E-state index in [2.05, 4.69) is 5.32 Å². The molecule has 0 aliphatic carbocycles. The van der Waals surface area contributed by atoms with Gasteiger partial charge in [0.25, 0.3) is 5.91 Å². The molecule has 1 aromatic heterocycles. The van der Waals surface area contributed by atoms with Crippen LogP contribution >= 0.6 is 0 Å². The van der Waals surface area contributed by atoms with Crippen LogP contribution in [0, 0.1) is 5.41 Å². The molecule has 0 saturated carbocycles. The summed E-state index contributed by atoms with van der Waals surface area (Å²) in [5.41, 5.74) is 0.891. The fourth-order valence-corrected chi connectivity index (χ4v) is 2.01. The highest BCUT2D eigenvalue weighted by Gasteiger charge is 2.12. The Morgan fingerprint density at radius 3 is 2.62 bits per heavy atom. The highest BCUT2D eigenvalue weighted by Crippen LogP contribution is 2.19. The van der Waals surface area contributed by atoms with Crippen molar-refractivity contribution in [2.45, 2.75) is 0 Å². The van der Waals surface area contributed by atoms with Crippen molar-refractivity contribution in [1.82, 2.24) is 0 Å². The summed E-state index contributed by atoms with van der Waals surface area (Å²) in [6.07, 6.45) is 0. The van der Waals surface area contributed by atoms with E-state index in [1.807, 2.05) is 18.2 Å². The minimum absolute atomic E-state index is 0.0483. The number of carbonyl (C=O) groups is 1. The monoisotopic (exact) mass is 280 g/mol. The van der Waals surface area contributed by atoms with E-state index in [9.17, 15) is 9.90 Å². The number of hydrogen-bond acceptors (Lipinski definition) is 4. The maximum Gasteiger partial charge on any atom is 0.261 e. The quantitative estimate of drug-likeness (QED) is 0.674. The highest BCUT2D eigenvalue weighted by molar-refractivity contribution is 6.05. The molecular weight excluding hydrogens is 268 g/mol. The van der Waals surface area contributed by atoms with Crippen molar-refractivity contribution in [3.63, 3.8) is 0 Å². The smallest absolute Gasteiger partial charge is 0.261 e. The van der Waals surface area contributed by atoms with Crippen LogP contribution in [0.15, 0.2) is 59.0 Å². The predicted octanol–water partition coefficient (Wildman–Crippen LogP) is 2.87. The molecule has 0 radical (unpaired) electrons. The first-order chi connectivity index (χ1) is 10.1. The largest absolute Gasteiger partial charge is 0.508 e. The molecule has 1 heterocycles. The van der Waals surface area contributed by atoms with Gasteiger partial charge in [-0.3, -0.25) is 10.2 Å². The van der Waals surface area contributed by atoms with Crippen LogP contribution in [0.2, 0.25) is 0 Å². The number of hydrogen-bond donors (Lipinski definition) is 3. The maximum atomic E-state index is 12.2. The summed E-state index contributed by atoms with van der Waals surface area (Å²) in [7, 11) is 0. The van der Waals surface area contributed by atoms with Crippen molar-refractivity contribution in [2.75, 3.05) is 5.32 Å². The molecule has 0 spiro atoms. The van der Waals surface area contributed by atoms with Crippen LogP contribution in [0.5, 0.6) is 5.75 Å². The Morgan fingerprint density at radius 2 is 1.86 bits per heavy atom. The van der Waals surface area contributed by atoms with Crippen LogP contribution < -0.4 is 10.9 Å². The van der Waals surface area contributed by atoms with Crippen LogP contribution in [-0.2, 0) is 0 Å². The first kappa shape index (κ1) is 12.9. The van der Waals surface area contributed by atoms with Gasteiger partial charge in [0.2, 0.25) is 5.55 Å². The van der Waals surface area contributed by atoms with E-state index in [4.69, 9.17) is 9.83 Å². The summed E-state index contributed by atoms with van der Waals surface area (Å²) in [6, 6.07) is 15.1.